The molecule has 53 heavy (non-hydrogen) atoms. The molecule has 298 valence electrons. The molecule has 2 nitrogen and oxygen atoms in total. The Balaban J connectivity index is 0.000000953. The molecular formula is C50H78N2Ni. The number of nitrogens with zero attached hydrogens (tertiary/aromatic N) is 2. The van der Waals surface area contributed by atoms with Crippen LogP contribution in [0.1, 0.15) is 203 Å². The van der Waals surface area contributed by atoms with Gasteiger partial charge in [-0.15, -0.1) is 0 Å². The molecule has 3 heteroatoms. The van der Waals surface area contributed by atoms with Gasteiger partial charge < -0.3 is 5.53 Å². The van der Waals surface area contributed by atoms with Crippen molar-refractivity contribution >= 4 is 11.4 Å². The van der Waals surface area contributed by atoms with E-state index in [0.29, 0.717) is 0 Å². The Morgan fingerprint density at radius 2 is 1.00 bits per heavy atom. The molecule has 0 unspecified atom stereocenters. The zero-order valence-electron chi connectivity index (χ0n) is 35.6. The molecule has 3 rings (SSSR count). The third-order valence-corrected chi connectivity index (χ3v) is 11.5. The molecule has 1 aliphatic rings. The molecule has 0 saturated carbocycles. The molecule has 0 N–H and O–H groups in total. The first-order valence-electron chi connectivity index (χ1n) is 22.0. The van der Waals surface area contributed by atoms with Crippen LogP contribution in [0.2, 0.25) is 10.8 Å². The van der Waals surface area contributed by atoms with Gasteiger partial charge in [0.2, 0.25) is 11.4 Å². The predicted molar refractivity (Wildman–Crippen MR) is 231 cm³/mol. The van der Waals surface area contributed by atoms with Gasteiger partial charge in [-0.05, 0) is 87.8 Å². The van der Waals surface area contributed by atoms with Crippen molar-refractivity contribution in [3.63, 3.8) is 0 Å². The molecule has 0 bridgehead atoms. The fourth-order valence-electron chi connectivity index (χ4n) is 7.07. The van der Waals surface area contributed by atoms with Crippen LogP contribution in [0.5, 0.6) is 0 Å². The fraction of sp³-hybridized carbons (Fsp3) is 0.640. The zero-order chi connectivity index (χ0) is 38.7. The number of benzene rings is 2. The van der Waals surface area contributed by atoms with Gasteiger partial charge >= 0.3 is 64.8 Å². The van der Waals surface area contributed by atoms with Crippen molar-refractivity contribution in [3.05, 3.63) is 86.5 Å². The average Bonchev–Trinajstić information content (AvgIpc) is 3.43. The Bertz CT molecular complexity index is 1410. The van der Waals surface area contributed by atoms with Crippen molar-refractivity contribution in [2.24, 2.45) is 0 Å². The Kier molecular flexibility index (Phi) is 25.5. The first-order chi connectivity index (χ1) is 25.8. The van der Waals surface area contributed by atoms with Crippen LogP contribution >= 0.6 is 0 Å². The van der Waals surface area contributed by atoms with E-state index in [1.165, 1.54) is 147 Å². The van der Waals surface area contributed by atoms with Crippen LogP contribution in [0, 0.1) is 25.7 Å². The van der Waals surface area contributed by atoms with Crippen LogP contribution in [0.25, 0.3) is 16.9 Å². The molecule has 0 saturated heterocycles. The van der Waals surface area contributed by atoms with E-state index in [2.05, 4.69) is 104 Å². The second-order valence-electron chi connectivity index (χ2n) is 15.3. The zero-order valence-corrected chi connectivity index (χ0v) is 36.6. The van der Waals surface area contributed by atoms with Crippen LogP contribution in [0.3, 0.4) is 0 Å². The third kappa shape index (κ3) is 17.7. The molecule has 0 spiro atoms. The topological polar surface area (TPSA) is 25.3 Å². The Hall–Kier alpha value is -2.43. The number of hydrogen-bond donors (Lipinski definition) is 0. The van der Waals surface area contributed by atoms with E-state index in [-0.39, 0.29) is 0 Å². The van der Waals surface area contributed by atoms with E-state index in [1.54, 1.807) is 0 Å². The van der Waals surface area contributed by atoms with Crippen molar-refractivity contribution in [2.75, 3.05) is 0 Å². The number of unbranched alkanes of at least 4 members (excludes halogenated alkanes) is 14. The summed E-state index contributed by atoms with van der Waals surface area (Å²) >= 11 is 1.94. The summed E-state index contributed by atoms with van der Waals surface area (Å²) in [5.41, 5.74) is 23.4. The normalized spacial score (nSPS) is 12.7. The number of hydrogen-bond acceptors (Lipinski definition) is 0. The van der Waals surface area contributed by atoms with Crippen LogP contribution in [-0.2, 0) is 27.3 Å². The SMILES string of the molecule is CCCCCCCCC#CC1=C(c2cc(CCCCCC)cc(CCCCCC)c2)[N+](=[N-])C(c2cc(C)cc(C)c2)=C1CC.CCC[CH2][Ni][CH2]CCC. The van der Waals surface area contributed by atoms with Crippen molar-refractivity contribution < 1.29 is 19.1 Å². The molecule has 0 aliphatic carbocycles. The maximum absolute atomic E-state index is 12.1. The number of aryl methyl sites for hydroxylation is 4. The summed E-state index contributed by atoms with van der Waals surface area (Å²) in [4.78, 5) is 0. The summed E-state index contributed by atoms with van der Waals surface area (Å²) in [6, 6.07) is 13.7. The van der Waals surface area contributed by atoms with Gasteiger partial charge in [-0.1, -0.05) is 133 Å². The standard InChI is InChI=1S/C42H60N2.2C4H9.Ni/c1-7-11-14-17-18-19-20-23-26-40-39(10-4)41(37-28-33(5)27-34(6)29-37)44(43)42(40)38-31-35(24-21-15-12-8-2)30-36(32-38)25-22-16-13-9-3;2*1-3-4-2;/h27-32H,7-22,24-25H2,1-6H3;2*1,3-4H2,2H3;. The minimum atomic E-state index is 0.824. The Morgan fingerprint density at radius 1 is 0.528 bits per heavy atom. The van der Waals surface area contributed by atoms with Crippen molar-refractivity contribution in [3.8, 4) is 11.8 Å². The van der Waals surface area contributed by atoms with E-state index in [0.717, 1.165) is 65.8 Å². The van der Waals surface area contributed by atoms with Gasteiger partial charge in [0.1, 0.15) is 5.57 Å². The van der Waals surface area contributed by atoms with Crippen LogP contribution in [0.15, 0.2) is 47.5 Å². The van der Waals surface area contributed by atoms with Gasteiger partial charge in [-0.2, -0.15) is 0 Å². The van der Waals surface area contributed by atoms with Crippen LogP contribution in [-0.4, -0.2) is 4.70 Å². The second kappa shape index (κ2) is 28.9. The van der Waals surface area contributed by atoms with Crippen LogP contribution < -0.4 is 0 Å². The molecule has 1 heterocycles. The molecule has 0 radical (unpaired) electrons. The fourth-order valence-corrected chi connectivity index (χ4v) is 8.50. The second-order valence-corrected chi connectivity index (χ2v) is 16.7. The summed E-state index contributed by atoms with van der Waals surface area (Å²) < 4.78 is 1.48. The van der Waals surface area contributed by atoms with Crippen molar-refractivity contribution in [1.82, 2.24) is 0 Å². The van der Waals surface area contributed by atoms with Crippen molar-refractivity contribution in [2.45, 2.75) is 207 Å². The van der Waals surface area contributed by atoms with Crippen molar-refractivity contribution in [1.29, 1.82) is 0 Å². The van der Waals surface area contributed by atoms with E-state index in [4.69, 9.17) is 0 Å². The van der Waals surface area contributed by atoms with E-state index in [9.17, 15) is 5.53 Å². The monoisotopic (exact) mass is 765 g/mol. The van der Waals surface area contributed by atoms with Crippen LogP contribution in [0.4, 0.5) is 0 Å². The van der Waals surface area contributed by atoms with E-state index < -0.39 is 0 Å². The van der Waals surface area contributed by atoms with Gasteiger partial charge in [0.15, 0.2) is 0 Å². The van der Waals surface area contributed by atoms with Gasteiger partial charge in [0.05, 0.1) is 0 Å². The van der Waals surface area contributed by atoms with Gasteiger partial charge in [0, 0.05) is 23.1 Å². The summed E-state index contributed by atoms with van der Waals surface area (Å²) in [7, 11) is 0. The van der Waals surface area contributed by atoms with Gasteiger partial charge in [-0.25, -0.2) is 4.70 Å². The summed E-state index contributed by atoms with van der Waals surface area (Å²) in [5.74, 6) is 7.17. The molecular weight excluding hydrogens is 687 g/mol. The summed E-state index contributed by atoms with van der Waals surface area (Å²) in [6.45, 7) is 17.8. The first kappa shape index (κ1) is 46.7. The van der Waals surface area contributed by atoms with E-state index in [1.807, 2.05) is 14.4 Å². The quantitative estimate of drug-likeness (QED) is 0.0416. The Labute approximate surface area is 334 Å². The molecule has 2 aromatic carbocycles. The molecule has 1 aliphatic heterocycles. The number of rotatable bonds is 25. The van der Waals surface area contributed by atoms with Gasteiger partial charge in [-0.3, -0.25) is 0 Å². The minimum absolute atomic E-state index is 0.824. The molecule has 0 aromatic heterocycles. The van der Waals surface area contributed by atoms with Gasteiger partial charge in [0.25, 0.3) is 0 Å². The maximum atomic E-state index is 12.1. The number of allylic oxidation sites excluding steroid dienone is 2. The Morgan fingerprint density at radius 3 is 1.51 bits per heavy atom. The molecule has 0 fully saturated rings. The van der Waals surface area contributed by atoms with E-state index >= 15 is 0 Å². The summed E-state index contributed by atoms with van der Waals surface area (Å²) in [5, 5.41) is 2.78. The first-order valence-corrected chi connectivity index (χ1v) is 23.4. The predicted octanol–water partition coefficient (Wildman–Crippen LogP) is 16.4. The third-order valence-electron chi connectivity index (χ3n) is 10.1. The average molecular weight is 766 g/mol. The molecule has 0 atom stereocenters. The molecule has 0 amide bonds. The molecule has 2 aromatic rings. The summed E-state index contributed by atoms with van der Waals surface area (Å²) in [6.07, 6.45) is 27.1.